The fourth-order valence-electron chi connectivity index (χ4n) is 6.81. The highest BCUT2D eigenvalue weighted by Gasteiger charge is 2.62. The molecule has 0 aromatic carbocycles. The predicted octanol–water partition coefficient (Wildman–Crippen LogP) is 3.14. The number of rotatable bonds is 0. The Kier molecular flexibility index (Phi) is 3.15. The monoisotopic (exact) mass is 304 g/mol. The number of carbonyl (C=O) groups is 2. The van der Waals surface area contributed by atoms with Gasteiger partial charge in [-0.15, -0.1) is 0 Å². The van der Waals surface area contributed by atoms with Crippen molar-refractivity contribution < 1.29 is 14.7 Å². The van der Waals surface area contributed by atoms with Crippen molar-refractivity contribution in [3.8, 4) is 0 Å². The summed E-state index contributed by atoms with van der Waals surface area (Å²) in [7, 11) is 0. The Morgan fingerprint density at radius 3 is 2.45 bits per heavy atom. The van der Waals surface area contributed by atoms with Gasteiger partial charge >= 0.3 is 0 Å². The molecule has 7 atom stereocenters. The summed E-state index contributed by atoms with van der Waals surface area (Å²) in [4.78, 5) is 24.7. The van der Waals surface area contributed by atoms with Gasteiger partial charge < -0.3 is 5.11 Å². The molecule has 3 nitrogen and oxygen atoms in total. The fraction of sp³-hybridized carbons (Fsp3) is 0.895. The van der Waals surface area contributed by atoms with E-state index in [-0.39, 0.29) is 28.6 Å². The second kappa shape index (κ2) is 4.66. The quantitative estimate of drug-likeness (QED) is 0.748. The number of fused-ring (bicyclic) bond motifs is 5. The van der Waals surface area contributed by atoms with Crippen LogP contribution in [-0.4, -0.2) is 22.8 Å². The lowest BCUT2D eigenvalue weighted by Gasteiger charge is -2.59. The van der Waals surface area contributed by atoms with Gasteiger partial charge in [0.15, 0.2) is 0 Å². The van der Waals surface area contributed by atoms with Gasteiger partial charge in [-0.2, -0.15) is 0 Å². The van der Waals surface area contributed by atoms with Crippen LogP contribution in [0.4, 0.5) is 0 Å². The van der Waals surface area contributed by atoms with E-state index < -0.39 is 0 Å². The van der Waals surface area contributed by atoms with Crippen LogP contribution in [0.25, 0.3) is 0 Å². The number of aliphatic hydroxyl groups is 1. The molecule has 0 spiro atoms. The van der Waals surface area contributed by atoms with Crippen LogP contribution in [0, 0.1) is 34.5 Å². The third-order valence-corrected chi connectivity index (χ3v) is 8.23. The van der Waals surface area contributed by atoms with Gasteiger partial charge in [0, 0.05) is 25.2 Å². The normalized spacial score (nSPS) is 54.6. The molecular formula is C19H28O3. The molecule has 0 saturated heterocycles. The molecule has 0 unspecified atom stereocenters. The van der Waals surface area contributed by atoms with Crippen LogP contribution < -0.4 is 0 Å². The molecule has 0 aromatic heterocycles. The van der Waals surface area contributed by atoms with Crippen molar-refractivity contribution in [1.82, 2.24) is 0 Å². The number of carbonyl (C=O) groups excluding carboxylic acids is 2. The zero-order valence-corrected chi connectivity index (χ0v) is 13.8. The molecular weight excluding hydrogens is 276 g/mol. The lowest BCUT2D eigenvalue weighted by molar-refractivity contribution is -0.160. The number of ketones is 2. The molecule has 0 amide bonds. The van der Waals surface area contributed by atoms with Crippen LogP contribution in [0.5, 0.6) is 0 Å². The molecule has 22 heavy (non-hydrogen) atoms. The molecule has 0 heterocycles. The number of hydrogen-bond acceptors (Lipinski definition) is 3. The standard InChI is InChI=1S/C19H28O3/c1-18-7-5-11(20)9-15(18)16(21)10-12-13-3-4-17(22)19(13,2)8-6-14(12)18/h12-15,17,22H,3-10H2,1-2H3/t12-,13+,14+,15-,17+,18-,19+/m1/s1. The van der Waals surface area contributed by atoms with Gasteiger partial charge in [-0.1, -0.05) is 13.8 Å². The summed E-state index contributed by atoms with van der Waals surface area (Å²) in [6.07, 6.45) is 6.71. The maximum absolute atomic E-state index is 12.8. The van der Waals surface area contributed by atoms with E-state index in [1.807, 2.05) is 0 Å². The van der Waals surface area contributed by atoms with Crippen LogP contribution in [0.1, 0.15) is 65.2 Å². The van der Waals surface area contributed by atoms with Crippen LogP contribution in [0.2, 0.25) is 0 Å². The Bertz CT molecular complexity index is 527. The van der Waals surface area contributed by atoms with Gasteiger partial charge in [-0.3, -0.25) is 9.59 Å². The highest BCUT2D eigenvalue weighted by Crippen LogP contribution is 2.65. The first kappa shape index (κ1) is 14.9. The molecule has 3 heteroatoms. The van der Waals surface area contributed by atoms with E-state index in [9.17, 15) is 14.7 Å². The Balaban J connectivity index is 1.69. The number of hydrogen-bond donors (Lipinski definition) is 1. The summed E-state index contributed by atoms with van der Waals surface area (Å²) in [6.45, 7) is 4.53. The summed E-state index contributed by atoms with van der Waals surface area (Å²) in [5.74, 6) is 2.12. The molecule has 122 valence electrons. The zero-order chi connectivity index (χ0) is 15.7. The second-order valence-corrected chi connectivity index (χ2v) is 8.99. The van der Waals surface area contributed by atoms with Crippen LogP contribution in [0.15, 0.2) is 0 Å². The minimum atomic E-state index is -0.188. The molecule has 1 N–H and O–H groups in total. The lowest BCUT2D eigenvalue weighted by Crippen LogP contribution is -2.57. The molecule has 0 bridgehead atoms. The first-order valence-corrected chi connectivity index (χ1v) is 9.09. The minimum Gasteiger partial charge on any atom is -0.393 e. The summed E-state index contributed by atoms with van der Waals surface area (Å²) in [5, 5.41) is 10.4. The average molecular weight is 304 g/mol. The van der Waals surface area contributed by atoms with Gasteiger partial charge in [-0.25, -0.2) is 0 Å². The summed E-state index contributed by atoms with van der Waals surface area (Å²) >= 11 is 0. The number of aliphatic hydroxyl groups excluding tert-OH is 1. The van der Waals surface area contributed by atoms with E-state index >= 15 is 0 Å². The maximum atomic E-state index is 12.8. The third kappa shape index (κ3) is 1.78. The van der Waals surface area contributed by atoms with Crippen LogP contribution in [-0.2, 0) is 9.59 Å². The van der Waals surface area contributed by atoms with Gasteiger partial charge in [0.1, 0.15) is 11.6 Å². The SMILES string of the molecule is C[C@]12CCC(=O)C[C@@H]1C(=O)C[C@H]1[C@@H]2CC[C@]2(C)[C@@H](O)CC[C@@H]12. The first-order valence-electron chi connectivity index (χ1n) is 9.09. The summed E-state index contributed by atoms with van der Waals surface area (Å²) in [5.41, 5.74) is 0.0535. The molecule has 4 fully saturated rings. The highest BCUT2D eigenvalue weighted by molar-refractivity contribution is 5.90. The smallest absolute Gasteiger partial charge is 0.137 e. The van der Waals surface area contributed by atoms with Crippen molar-refractivity contribution in [2.45, 2.75) is 71.3 Å². The van der Waals surface area contributed by atoms with E-state index in [1.165, 1.54) is 0 Å². The summed E-state index contributed by atoms with van der Waals surface area (Å²) in [6, 6.07) is 0. The fourth-order valence-corrected chi connectivity index (χ4v) is 6.81. The Labute approximate surface area is 132 Å². The third-order valence-electron chi connectivity index (χ3n) is 8.23. The largest absolute Gasteiger partial charge is 0.393 e. The van der Waals surface area contributed by atoms with Crippen molar-refractivity contribution in [3.63, 3.8) is 0 Å². The molecule has 4 saturated carbocycles. The average Bonchev–Trinajstić information content (AvgIpc) is 2.77. The van der Waals surface area contributed by atoms with E-state index in [0.29, 0.717) is 42.8 Å². The number of Topliss-reactive ketones (excluding diaryl/α,β-unsaturated/α-hetero) is 2. The van der Waals surface area contributed by atoms with Crippen molar-refractivity contribution in [2.24, 2.45) is 34.5 Å². The van der Waals surface area contributed by atoms with Crippen LogP contribution in [0.3, 0.4) is 0 Å². The lowest BCUT2D eigenvalue weighted by atomic mass is 9.45. The molecule has 0 radical (unpaired) electrons. The van der Waals surface area contributed by atoms with Crippen molar-refractivity contribution in [2.75, 3.05) is 0 Å². The second-order valence-electron chi connectivity index (χ2n) is 8.99. The molecule has 0 aliphatic heterocycles. The van der Waals surface area contributed by atoms with E-state index in [1.54, 1.807) is 0 Å². The highest BCUT2D eigenvalue weighted by atomic mass is 16.3. The Morgan fingerprint density at radius 2 is 1.68 bits per heavy atom. The Hall–Kier alpha value is -0.700. The molecule has 4 aliphatic carbocycles. The van der Waals surface area contributed by atoms with Crippen molar-refractivity contribution in [3.05, 3.63) is 0 Å². The molecule has 4 rings (SSSR count). The molecule has 4 aliphatic rings. The predicted molar refractivity (Wildman–Crippen MR) is 83.1 cm³/mol. The topological polar surface area (TPSA) is 54.4 Å². The zero-order valence-electron chi connectivity index (χ0n) is 13.8. The van der Waals surface area contributed by atoms with E-state index in [4.69, 9.17) is 0 Å². The summed E-state index contributed by atoms with van der Waals surface area (Å²) < 4.78 is 0. The van der Waals surface area contributed by atoms with Gasteiger partial charge in [0.05, 0.1) is 6.10 Å². The van der Waals surface area contributed by atoms with Crippen LogP contribution >= 0.6 is 0 Å². The molecule has 0 aromatic rings. The van der Waals surface area contributed by atoms with Gasteiger partial charge in [0.25, 0.3) is 0 Å². The maximum Gasteiger partial charge on any atom is 0.137 e. The van der Waals surface area contributed by atoms with Crippen molar-refractivity contribution in [1.29, 1.82) is 0 Å². The Morgan fingerprint density at radius 1 is 0.955 bits per heavy atom. The first-order chi connectivity index (χ1) is 10.4. The van der Waals surface area contributed by atoms with Crippen molar-refractivity contribution >= 4 is 11.6 Å². The minimum absolute atomic E-state index is 0.0225. The van der Waals surface area contributed by atoms with Gasteiger partial charge in [-0.05, 0) is 60.7 Å². The van der Waals surface area contributed by atoms with E-state index in [0.717, 1.165) is 32.1 Å². The van der Waals surface area contributed by atoms with Gasteiger partial charge in [0.2, 0.25) is 0 Å². The van der Waals surface area contributed by atoms with E-state index in [2.05, 4.69) is 13.8 Å².